The van der Waals surface area contributed by atoms with Crippen LogP contribution in [0.25, 0.3) is 5.65 Å². The van der Waals surface area contributed by atoms with Crippen molar-refractivity contribution >= 4 is 29.1 Å². The number of imidazole rings is 1. The molecule has 5 rings (SSSR count). The monoisotopic (exact) mass is 946 g/mol. The number of aromatic nitrogens is 2. The van der Waals surface area contributed by atoms with Crippen molar-refractivity contribution < 1.29 is 90.1 Å². The molecule has 7 nitrogen and oxygen atoms in total. The van der Waals surface area contributed by atoms with Crippen molar-refractivity contribution in [3.63, 3.8) is 0 Å². The average Bonchev–Trinajstić information content (AvgIpc) is 3.43. The van der Waals surface area contributed by atoms with Gasteiger partial charge in [0.1, 0.15) is 5.15 Å². The summed E-state index contributed by atoms with van der Waals surface area (Å²) in [5, 5.41) is 10.4. The molecular formula is C21H22ClF3N4O3U2. The Balaban J connectivity index is 0.00000162. The Bertz CT molecular complexity index is 1110. The number of halogens is 4. The zero-order valence-corrected chi connectivity index (χ0v) is 27.2. The molecule has 1 N–H and O–H groups in total. The van der Waals surface area contributed by atoms with Crippen molar-refractivity contribution in [1.82, 2.24) is 19.2 Å². The molecule has 0 radical (unpaired) electrons. The van der Waals surface area contributed by atoms with Gasteiger partial charge >= 0.3 is 6.18 Å². The number of aliphatic hydroxyl groups is 1. The third-order valence-electron chi connectivity index (χ3n) is 6.58. The van der Waals surface area contributed by atoms with Crippen molar-refractivity contribution in [2.45, 2.75) is 56.3 Å². The normalized spacial score (nSPS) is 23.1. The number of nitrogens with zero attached hydrogens (tertiary/aromatic N) is 4. The number of piperidine rings is 1. The number of carbonyl (C=O) groups excluding carboxylic acids is 2. The maximum absolute atomic E-state index is 13.7. The Morgan fingerprint density at radius 3 is 2.44 bits per heavy atom. The van der Waals surface area contributed by atoms with Crippen molar-refractivity contribution in [3.8, 4) is 0 Å². The second kappa shape index (κ2) is 10.6. The van der Waals surface area contributed by atoms with Gasteiger partial charge in [-0.25, -0.2) is 4.98 Å². The Kier molecular flexibility index (Phi) is 8.87. The zero-order chi connectivity index (χ0) is 22.8. The maximum atomic E-state index is 13.7. The van der Waals surface area contributed by atoms with E-state index in [4.69, 9.17) is 11.6 Å². The number of hydrogen-bond donors (Lipinski definition) is 1. The summed E-state index contributed by atoms with van der Waals surface area (Å²) >= 11 is 6.35. The van der Waals surface area contributed by atoms with Gasteiger partial charge in [0.25, 0.3) is 5.91 Å². The summed E-state index contributed by atoms with van der Waals surface area (Å²) < 4.78 is 42.2. The number of likely N-dealkylation sites (tertiary alicyclic amines) is 2. The number of amides is 2. The Morgan fingerprint density at radius 2 is 1.88 bits per heavy atom. The molecule has 0 bridgehead atoms. The molecule has 0 aromatic carbocycles. The van der Waals surface area contributed by atoms with Crippen molar-refractivity contribution in [3.05, 3.63) is 34.2 Å². The van der Waals surface area contributed by atoms with Crippen molar-refractivity contribution in [1.29, 1.82) is 0 Å². The van der Waals surface area contributed by atoms with Gasteiger partial charge in [0.05, 0.1) is 17.7 Å². The standard InChI is InChI=1S/C21H22ClF3N4O3.2U/c22-18-17(20(32)27-7-5-14(15(30)10-27)28-6-1-2-16(28)31)26-19-13(21(23,24)25)8-12(9-29(18)19)11-3-4-11;;/h8-9,11,14-15,30H,1-7,10H2;;/t14-,15+;;/m0../s1. The largest absolute Gasteiger partial charge is 0.419 e. The Morgan fingerprint density at radius 1 is 1.18 bits per heavy atom. The molecule has 13 heteroatoms. The van der Waals surface area contributed by atoms with Crippen LogP contribution in [-0.4, -0.2) is 67.9 Å². The number of fused-ring (bicyclic) bond motifs is 1. The van der Waals surface area contributed by atoms with Gasteiger partial charge in [-0.3, -0.25) is 14.0 Å². The summed E-state index contributed by atoms with van der Waals surface area (Å²) in [7, 11) is 0. The summed E-state index contributed by atoms with van der Waals surface area (Å²) in [5.41, 5.74) is -1.08. The number of carbonyl (C=O) groups is 2. The molecule has 180 valence electrons. The van der Waals surface area contributed by atoms with Crippen LogP contribution < -0.4 is 0 Å². The van der Waals surface area contributed by atoms with Gasteiger partial charge in [0.2, 0.25) is 5.91 Å². The number of rotatable bonds is 3. The number of β-amino-alcohol motifs (C(OH)–C–C–N with tert-alkyl or cyclic N) is 1. The Hall–Kier alpha value is -0.226. The van der Waals surface area contributed by atoms with Crippen LogP contribution in [0.4, 0.5) is 13.2 Å². The van der Waals surface area contributed by atoms with Crippen molar-refractivity contribution in [2.24, 2.45) is 0 Å². The summed E-state index contributed by atoms with van der Waals surface area (Å²) in [5.74, 6) is -0.589. The molecule has 3 aliphatic rings. The van der Waals surface area contributed by atoms with E-state index in [9.17, 15) is 27.9 Å². The van der Waals surface area contributed by atoms with Gasteiger partial charge in [0, 0.05) is 94.5 Å². The van der Waals surface area contributed by atoms with E-state index in [0.29, 0.717) is 24.9 Å². The molecule has 2 aromatic rings. The smallest absolute Gasteiger partial charge is 0.389 e. The first kappa shape index (κ1) is 28.3. The van der Waals surface area contributed by atoms with Crippen LogP contribution in [0.3, 0.4) is 0 Å². The molecule has 1 saturated carbocycles. The molecule has 2 atom stereocenters. The molecule has 2 amide bonds. The van der Waals surface area contributed by atoms with Crippen LogP contribution in [0.2, 0.25) is 5.15 Å². The first-order chi connectivity index (χ1) is 15.1. The van der Waals surface area contributed by atoms with Gasteiger partial charge in [-0.1, -0.05) is 11.6 Å². The van der Waals surface area contributed by atoms with Crippen LogP contribution in [0, 0.1) is 62.2 Å². The number of hydrogen-bond acceptors (Lipinski definition) is 4. The molecule has 3 fully saturated rings. The third kappa shape index (κ3) is 5.24. The molecule has 34 heavy (non-hydrogen) atoms. The van der Waals surface area contributed by atoms with E-state index in [0.717, 1.165) is 29.7 Å². The van der Waals surface area contributed by atoms with E-state index in [2.05, 4.69) is 4.98 Å². The number of alkyl halides is 3. The van der Waals surface area contributed by atoms with E-state index in [1.165, 1.54) is 11.1 Å². The number of aliphatic hydroxyl groups excluding tert-OH is 1. The minimum Gasteiger partial charge on any atom is -0.389 e. The van der Waals surface area contributed by atoms with Crippen LogP contribution in [0.5, 0.6) is 0 Å². The first-order valence-electron chi connectivity index (χ1n) is 10.7. The van der Waals surface area contributed by atoms with Gasteiger partial charge in [-0.15, -0.1) is 0 Å². The molecule has 0 spiro atoms. The van der Waals surface area contributed by atoms with E-state index in [1.54, 1.807) is 4.90 Å². The molecule has 2 aromatic heterocycles. The van der Waals surface area contributed by atoms with Crippen LogP contribution in [0.1, 0.15) is 59.6 Å². The van der Waals surface area contributed by atoms with E-state index >= 15 is 0 Å². The summed E-state index contributed by atoms with van der Waals surface area (Å²) in [4.78, 5) is 32.1. The SMILES string of the molecule is O=C(c1nc2c(C(F)(F)F)cc(C3CC3)cn2c1Cl)N1CC[C@H](N2CCCC2=O)[C@H](O)C1.[U].[U]. The van der Waals surface area contributed by atoms with E-state index in [-0.39, 0.29) is 104 Å². The zero-order valence-electron chi connectivity index (χ0n) is 18.1. The molecule has 4 heterocycles. The quantitative estimate of drug-likeness (QED) is 0.514. The van der Waals surface area contributed by atoms with Gasteiger partial charge < -0.3 is 14.9 Å². The third-order valence-corrected chi connectivity index (χ3v) is 6.94. The predicted octanol–water partition coefficient (Wildman–Crippen LogP) is 3.08. The fourth-order valence-corrected chi connectivity index (χ4v) is 5.01. The number of pyridine rings is 1. The fraction of sp³-hybridized carbons (Fsp3) is 0.571. The minimum atomic E-state index is -4.64. The van der Waals surface area contributed by atoms with Crippen LogP contribution in [-0.2, 0) is 11.0 Å². The maximum Gasteiger partial charge on any atom is 0.419 e. The van der Waals surface area contributed by atoms with E-state index < -0.39 is 29.4 Å². The molecule has 2 aliphatic heterocycles. The summed E-state index contributed by atoms with van der Waals surface area (Å²) in [6, 6.07) is 0.718. The molecule has 2 saturated heterocycles. The molecular weight excluding hydrogens is 925 g/mol. The van der Waals surface area contributed by atoms with Gasteiger partial charge in [-0.05, 0) is 43.2 Å². The second-order valence-corrected chi connectivity index (χ2v) is 9.13. The molecule has 1 aliphatic carbocycles. The van der Waals surface area contributed by atoms with Gasteiger partial charge in [0.15, 0.2) is 11.3 Å². The van der Waals surface area contributed by atoms with Crippen LogP contribution in [0.15, 0.2) is 12.3 Å². The van der Waals surface area contributed by atoms with E-state index in [1.807, 2.05) is 0 Å². The van der Waals surface area contributed by atoms with Gasteiger partial charge in [-0.2, -0.15) is 13.2 Å². The summed E-state index contributed by atoms with van der Waals surface area (Å²) in [6.45, 7) is 0.779. The van der Waals surface area contributed by atoms with Crippen molar-refractivity contribution in [2.75, 3.05) is 19.6 Å². The first-order valence-corrected chi connectivity index (χ1v) is 11.1. The summed E-state index contributed by atoms with van der Waals surface area (Å²) in [6.07, 6.45) is -0.868. The molecule has 0 unspecified atom stereocenters. The topological polar surface area (TPSA) is 78.2 Å². The second-order valence-electron chi connectivity index (χ2n) is 8.77. The van der Waals surface area contributed by atoms with Crippen LogP contribution >= 0.6 is 11.6 Å². The fourth-order valence-electron chi connectivity index (χ4n) is 4.76. The minimum absolute atomic E-state index is 0. The average molecular weight is 947 g/mol. The predicted molar refractivity (Wildman–Crippen MR) is 108 cm³/mol. The Labute approximate surface area is 246 Å².